The maximum absolute atomic E-state index is 12.1. The average molecular weight is 299 g/mol. The molecule has 0 amide bonds. The van der Waals surface area contributed by atoms with Crippen molar-refractivity contribution in [3.8, 4) is 0 Å². The molecule has 1 rings (SSSR count). The molecule has 2 unspecified atom stereocenters. The first-order chi connectivity index (χ1) is 9.31. The first-order valence-corrected chi connectivity index (χ1v) is 8.00. The van der Waals surface area contributed by atoms with Gasteiger partial charge in [-0.2, -0.15) is 4.72 Å². The summed E-state index contributed by atoms with van der Waals surface area (Å²) in [5.74, 6) is -0.237. The Bertz CT molecular complexity index is 551. The number of methoxy groups -OCH3 is 1. The summed E-state index contributed by atoms with van der Waals surface area (Å²) in [6.45, 7) is 5.60. The standard InChI is InChI=1S/C14H21NO4S/c1-5-10(2)12-6-8-13(9-7-12)20(17,18)15-11(3)14(16)19-4/h6-11,15H,5H2,1-4H3. The average Bonchev–Trinajstić information content (AvgIpc) is 2.45. The van der Waals surface area contributed by atoms with Crippen LogP contribution in [0.1, 0.15) is 38.7 Å². The number of hydrogen-bond acceptors (Lipinski definition) is 4. The Hall–Kier alpha value is -1.40. The van der Waals surface area contributed by atoms with Crippen molar-refractivity contribution in [1.82, 2.24) is 4.72 Å². The van der Waals surface area contributed by atoms with Gasteiger partial charge < -0.3 is 4.74 Å². The summed E-state index contributed by atoms with van der Waals surface area (Å²) in [7, 11) is -2.50. The summed E-state index contributed by atoms with van der Waals surface area (Å²) >= 11 is 0. The maximum Gasteiger partial charge on any atom is 0.323 e. The van der Waals surface area contributed by atoms with E-state index in [-0.39, 0.29) is 4.90 Å². The molecule has 0 aliphatic rings. The van der Waals surface area contributed by atoms with Gasteiger partial charge in [-0.15, -0.1) is 0 Å². The first-order valence-electron chi connectivity index (χ1n) is 6.52. The number of ether oxygens (including phenoxy) is 1. The Morgan fingerprint density at radius 2 is 1.80 bits per heavy atom. The topological polar surface area (TPSA) is 72.5 Å². The highest BCUT2D eigenvalue weighted by Crippen LogP contribution is 2.20. The number of sulfonamides is 1. The van der Waals surface area contributed by atoms with Gasteiger partial charge in [-0.25, -0.2) is 8.42 Å². The zero-order valence-electron chi connectivity index (χ0n) is 12.2. The molecule has 0 saturated carbocycles. The van der Waals surface area contributed by atoms with E-state index in [0.717, 1.165) is 12.0 Å². The number of rotatable bonds is 6. The van der Waals surface area contributed by atoms with E-state index in [1.807, 2.05) is 0 Å². The Kier molecular flexibility index (Phi) is 5.71. The summed E-state index contributed by atoms with van der Waals surface area (Å²) in [6.07, 6.45) is 0.990. The molecule has 112 valence electrons. The minimum absolute atomic E-state index is 0.139. The van der Waals surface area contributed by atoms with Crippen molar-refractivity contribution in [1.29, 1.82) is 0 Å². The molecule has 0 saturated heterocycles. The molecule has 1 aromatic rings. The van der Waals surface area contributed by atoms with Gasteiger partial charge in [0, 0.05) is 0 Å². The van der Waals surface area contributed by atoms with E-state index < -0.39 is 22.0 Å². The quantitative estimate of drug-likeness (QED) is 0.816. The summed E-state index contributed by atoms with van der Waals surface area (Å²) in [4.78, 5) is 11.4. The summed E-state index contributed by atoms with van der Waals surface area (Å²) < 4.78 is 31.0. The van der Waals surface area contributed by atoms with Crippen LogP contribution in [0, 0.1) is 0 Å². The van der Waals surface area contributed by atoms with Gasteiger partial charge in [-0.3, -0.25) is 4.79 Å². The lowest BCUT2D eigenvalue weighted by Crippen LogP contribution is -2.39. The lowest BCUT2D eigenvalue weighted by Gasteiger charge is -2.13. The van der Waals surface area contributed by atoms with Crippen molar-refractivity contribution in [2.24, 2.45) is 0 Å². The fourth-order valence-electron chi connectivity index (χ4n) is 1.74. The minimum atomic E-state index is -3.71. The van der Waals surface area contributed by atoms with Crippen LogP contribution < -0.4 is 4.72 Å². The molecule has 0 aliphatic carbocycles. The van der Waals surface area contributed by atoms with Gasteiger partial charge in [0.15, 0.2) is 0 Å². The Labute approximate surface area is 120 Å². The van der Waals surface area contributed by atoms with E-state index >= 15 is 0 Å². The number of esters is 1. The van der Waals surface area contributed by atoms with E-state index in [0.29, 0.717) is 5.92 Å². The third kappa shape index (κ3) is 4.05. The molecular formula is C14H21NO4S. The summed E-state index contributed by atoms with van der Waals surface area (Å²) in [5.41, 5.74) is 1.09. The van der Waals surface area contributed by atoms with Gasteiger partial charge >= 0.3 is 5.97 Å². The predicted octanol–water partition coefficient (Wildman–Crippen LogP) is 2.04. The van der Waals surface area contributed by atoms with Crippen molar-refractivity contribution in [2.45, 2.75) is 44.0 Å². The van der Waals surface area contributed by atoms with Gasteiger partial charge in [0.2, 0.25) is 10.0 Å². The highest BCUT2D eigenvalue weighted by atomic mass is 32.2. The molecule has 6 heteroatoms. The third-order valence-electron chi connectivity index (χ3n) is 3.26. The molecule has 0 aliphatic heterocycles. The SMILES string of the molecule is CCC(C)c1ccc(S(=O)(=O)NC(C)C(=O)OC)cc1. The first kappa shape index (κ1) is 16.7. The van der Waals surface area contributed by atoms with Crippen LogP contribution in [0.5, 0.6) is 0 Å². The van der Waals surface area contributed by atoms with E-state index in [4.69, 9.17) is 0 Å². The molecule has 1 N–H and O–H groups in total. The Morgan fingerprint density at radius 3 is 2.25 bits per heavy atom. The van der Waals surface area contributed by atoms with Crippen LogP contribution in [0.4, 0.5) is 0 Å². The van der Waals surface area contributed by atoms with Crippen molar-refractivity contribution >= 4 is 16.0 Å². The molecule has 0 spiro atoms. The van der Waals surface area contributed by atoms with Gasteiger partial charge in [0.1, 0.15) is 6.04 Å². The van der Waals surface area contributed by atoms with Crippen LogP contribution in [-0.4, -0.2) is 27.5 Å². The summed E-state index contributed by atoms with van der Waals surface area (Å²) in [6, 6.07) is 5.78. The molecule has 1 aromatic carbocycles. The van der Waals surface area contributed by atoms with Crippen LogP contribution in [0.2, 0.25) is 0 Å². The predicted molar refractivity (Wildman–Crippen MR) is 76.9 cm³/mol. The van der Waals surface area contributed by atoms with Crippen LogP contribution in [-0.2, 0) is 19.6 Å². The maximum atomic E-state index is 12.1. The largest absolute Gasteiger partial charge is 0.468 e. The van der Waals surface area contributed by atoms with Crippen LogP contribution in [0.3, 0.4) is 0 Å². The Morgan fingerprint density at radius 1 is 1.25 bits per heavy atom. The molecule has 0 fully saturated rings. The molecule has 0 bridgehead atoms. The normalized spacial score (nSPS) is 14.6. The highest BCUT2D eigenvalue weighted by molar-refractivity contribution is 7.89. The lowest BCUT2D eigenvalue weighted by molar-refractivity contribution is -0.142. The molecule has 0 radical (unpaired) electrons. The highest BCUT2D eigenvalue weighted by Gasteiger charge is 2.22. The van der Waals surface area contributed by atoms with Crippen LogP contribution in [0.15, 0.2) is 29.2 Å². The van der Waals surface area contributed by atoms with Crippen molar-refractivity contribution in [2.75, 3.05) is 7.11 Å². The van der Waals surface area contributed by atoms with Crippen molar-refractivity contribution < 1.29 is 17.9 Å². The number of carbonyl (C=O) groups is 1. The second-order valence-electron chi connectivity index (χ2n) is 4.74. The smallest absolute Gasteiger partial charge is 0.323 e. The van der Waals surface area contributed by atoms with Gasteiger partial charge in [0.25, 0.3) is 0 Å². The van der Waals surface area contributed by atoms with E-state index in [1.165, 1.54) is 14.0 Å². The van der Waals surface area contributed by atoms with E-state index in [1.54, 1.807) is 24.3 Å². The third-order valence-corrected chi connectivity index (χ3v) is 4.82. The van der Waals surface area contributed by atoms with Crippen molar-refractivity contribution in [3.63, 3.8) is 0 Å². The number of carbonyl (C=O) groups excluding carboxylic acids is 1. The number of nitrogens with one attached hydrogen (secondary N) is 1. The summed E-state index contributed by atoms with van der Waals surface area (Å²) in [5, 5.41) is 0. The van der Waals surface area contributed by atoms with Gasteiger partial charge in [0.05, 0.1) is 12.0 Å². The van der Waals surface area contributed by atoms with Gasteiger partial charge in [-0.05, 0) is 37.0 Å². The molecule has 0 heterocycles. The molecule has 20 heavy (non-hydrogen) atoms. The minimum Gasteiger partial charge on any atom is -0.468 e. The fourth-order valence-corrected chi connectivity index (χ4v) is 2.93. The molecule has 0 aromatic heterocycles. The number of benzene rings is 1. The lowest BCUT2D eigenvalue weighted by atomic mass is 9.99. The fraction of sp³-hybridized carbons (Fsp3) is 0.500. The number of hydrogen-bond donors (Lipinski definition) is 1. The zero-order chi connectivity index (χ0) is 15.3. The Balaban J connectivity index is 2.91. The monoisotopic (exact) mass is 299 g/mol. The van der Waals surface area contributed by atoms with E-state index in [2.05, 4.69) is 23.3 Å². The second kappa shape index (κ2) is 6.85. The van der Waals surface area contributed by atoms with Crippen LogP contribution in [0.25, 0.3) is 0 Å². The van der Waals surface area contributed by atoms with Crippen molar-refractivity contribution in [3.05, 3.63) is 29.8 Å². The second-order valence-corrected chi connectivity index (χ2v) is 6.46. The van der Waals surface area contributed by atoms with Gasteiger partial charge in [-0.1, -0.05) is 26.0 Å². The van der Waals surface area contributed by atoms with Crippen LogP contribution >= 0.6 is 0 Å². The molecule has 2 atom stereocenters. The molecular weight excluding hydrogens is 278 g/mol. The molecule has 5 nitrogen and oxygen atoms in total. The van der Waals surface area contributed by atoms with E-state index in [9.17, 15) is 13.2 Å². The zero-order valence-corrected chi connectivity index (χ0v) is 13.0.